The van der Waals surface area contributed by atoms with E-state index >= 15 is 0 Å². The molecule has 0 amide bonds. The van der Waals surface area contributed by atoms with E-state index in [1.165, 1.54) is 24.9 Å². The summed E-state index contributed by atoms with van der Waals surface area (Å²) in [6, 6.07) is 1.53. The lowest BCUT2D eigenvalue weighted by Gasteiger charge is -2.16. The van der Waals surface area contributed by atoms with Gasteiger partial charge in [-0.05, 0) is 0 Å². The average Bonchev–Trinajstić information content (AvgIpc) is 2.70. The van der Waals surface area contributed by atoms with Crippen molar-refractivity contribution in [2.24, 2.45) is 7.05 Å². The molecule has 0 aliphatic rings. The number of anilines is 1. The van der Waals surface area contributed by atoms with Crippen LogP contribution in [0.4, 0.5) is 5.82 Å². The Bertz CT molecular complexity index is 510. The van der Waals surface area contributed by atoms with Crippen molar-refractivity contribution in [3.05, 3.63) is 12.3 Å². The number of aryl methyl sites for hydroxylation is 1. The van der Waals surface area contributed by atoms with Gasteiger partial charge in [-0.15, -0.1) is 0 Å². The summed E-state index contributed by atoms with van der Waals surface area (Å²) in [6.45, 7) is 0.0365. The lowest BCUT2D eigenvalue weighted by Crippen LogP contribution is -2.34. The van der Waals surface area contributed by atoms with Crippen molar-refractivity contribution in [3.63, 3.8) is 0 Å². The summed E-state index contributed by atoms with van der Waals surface area (Å²) in [4.78, 5) is 10.9. The Morgan fingerprint density at radius 2 is 2.28 bits per heavy atom. The summed E-state index contributed by atoms with van der Waals surface area (Å²) in [5.41, 5.74) is 0. The Kier molecular flexibility index (Phi) is 4.68. The van der Waals surface area contributed by atoms with Gasteiger partial charge in [0, 0.05) is 32.9 Å². The van der Waals surface area contributed by atoms with Crippen LogP contribution in [0.2, 0.25) is 0 Å². The predicted octanol–water partition coefficient (Wildman–Crippen LogP) is -0.428. The van der Waals surface area contributed by atoms with Gasteiger partial charge in [0.15, 0.2) is 5.82 Å². The molecule has 0 atom stereocenters. The number of nitrogens with zero attached hydrogens (tertiary/aromatic N) is 3. The fourth-order valence-corrected chi connectivity index (χ4v) is 2.01. The molecule has 0 aromatic carbocycles. The van der Waals surface area contributed by atoms with Gasteiger partial charge in [0.2, 0.25) is 0 Å². The maximum atomic E-state index is 11.8. The molecule has 0 saturated carbocycles. The molecule has 0 saturated heterocycles. The summed E-state index contributed by atoms with van der Waals surface area (Å²) >= 11 is 0. The lowest BCUT2D eigenvalue weighted by atomic mass is 10.4. The first-order valence-electron chi connectivity index (χ1n) is 5.15. The van der Waals surface area contributed by atoms with Crippen molar-refractivity contribution >= 4 is 22.0 Å². The van der Waals surface area contributed by atoms with Crippen LogP contribution in [0.3, 0.4) is 0 Å². The van der Waals surface area contributed by atoms with E-state index in [0.29, 0.717) is 0 Å². The molecule has 1 N–H and O–H groups in total. The molecule has 102 valence electrons. The summed E-state index contributed by atoms with van der Waals surface area (Å²) in [5.74, 6) is -0.239. The van der Waals surface area contributed by atoms with Gasteiger partial charge in [-0.1, -0.05) is 0 Å². The van der Waals surface area contributed by atoms with Crippen LogP contribution in [-0.4, -0.2) is 49.2 Å². The minimum atomic E-state index is -3.70. The average molecular weight is 276 g/mol. The maximum Gasteiger partial charge on any atom is 0.306 e. The van der Waals surface area contributed by atoms with Crippen molar-refractivity contribution in [3.8, 4) is 0 Å². The van der Waals surface area contributed by atoms with E-state index in [2.05, 4.69) is 14.6 Å². The first-order valence-corrected chi connectivity index (χ1v) is 6.59. The molecule has 0 radical (unpaired) electrons. The van der Waals surface area contributed by atoms with Crippen LogP contribution >= 0.6 is 0 Å². The highest BCUT2D eigenvalue weighted by Gasteiger charge is 2.19. The monoisotopic (exact) mass is 276 g/mol. The Labute approximate surface area is 106 Å². The third kappa shape index (κ3) is 4.00. The van der Waals surface area contributed by atoms with E-state index in [0.717, 1.165) is 4.31 Å². The van der Waals surface area contributed by atoms with Crippen LogP contribution in [-0.2, 0) is 26.8 Å². The van der Waals surface area contributed by atoms with Gasteiger partial charge < -0.3 is 4.74 Å². The van der Waals surface area contributed by atoms with Crippen LogP contribution < -0.4 is 4.72 Å². The van der Waals surface area contributed by atoms with Crippen molar-refractivity contribution in [1.82, 2.24) is 14.1 Å². The minimum Gasteiger partial charge on any atom is -0.469 e. The number of nitrogens with one attached hydrogen (secondary N) is 1. The molecule has 0 bridgehead atoms. The number of rotatable bonds is 6. The quantitative estimate of drug-likeness (QED) is 0.712. The zero-order valence-corrected chi connectivity index (χ0v) is 11.3. The van der Waals surface area contributed by atoms with Crippen molar-refractivity contribution in [2.75, 3.05) is 25.4 Å². The molecule has 0 fully saturated rings. The molecule has 18 heavy (non-hydrogen) atoms. The van der Waals surface area contributed by atoms with E-state index in [1.807, 2.05) is 0 Å². The van der Waals surface area contributed by atoms with Crippen molar-refractivity contribution in [1.29, 1.82) is 0 Å². The first kappa shape index (κ1) is 14.5. The van der Waals surface area contributed by atoms with Crippen LogP contribution in [0.15, 0.2) is 12.3 Å². The molecule has 9 heteroatoms. The van der Waals surface area contributed by atoms with E-state index in [9.17, 15) is 13.2 Å². The molecule has 0 unspecified atom stereocenters. The fourth-order valence-electron chi connectivity index (χ4n) is 1.15. The largest absolute Gasteiger partial charge is 0.469 e. The van der Waals surface area contributed by atoms with E-state index in [4.69, 9.17) is 0 Å². The van der Waals surface area contributed by atoms with Crippen LogP contribution in [0, 0.1) is 0 Å². The fraction of sp³-hybridized carbons (Fsp3) is 0.556. The van der Waals surface area contributed by atoms with Crippen LogP contribution in [0.5, 0.6) is 0 Å². The molecule has 8 nitrogen and oxygen atoms in total. The zero-order chi connectivity index (χ0) is 13.8. The smallest absolute Gasteiger partial charge is 0.306 e. The molecular formula is C9H16N4O4S. The van der Waals surface area contributed by atoms with Gasteiger partial charge >= 0.3 is 16.2 Å². The van der Waals surface area contributed by atoms with Gasteiger partial charge in [-0.25, -0.2) is 0 Å². The summed E-state index contributed by atoms with van der Waals surface area (Å²) in [6.07, 6.45) is 1.61. The molecule has 1 heterocycles. The number of esters is 1. The summed E-state index contributed by atoms with van der Waals surface area (Å²) in [7, 11) is 0.597. The Hall–Kier alpha value is -1.61. The number of carbonyl (C=O) groups is 1. The highest BCUT2D eigenvalue weighted by molar-refractivity contribution is 7.90. The highest BCUT2D eigenvalue weighted by atomic mass is 32.2. The second-order valence-electron chi connectivity index (χ2n) is 3.63. The van der Waals surface area contributed by atoms with E-state index in [1.54, 1.807) is 13.2 Å². The zero-order valence-electron chi connectivity index (χ0n) is 10.5. The topological polar surface area (TPSA) is 93.5 Å². The summed E-state index contributed by atoms with van der Waals surface area (Å²) < 4.78 is 32.9. The molecule has 0 aliphatic carbocycles. The molecule has 0 spiro atoms. The molecule has 1 rings (SSSR count). The summed E-state index contributed by atoms with van der Waals surface area (Å²) in [5, 5.41) is 3.90. The number of aromatic nitrogens is 2. The SMILES string of the molecule is COC(=O)CCN(C)S(=O)(=O)Nc1ccn(C)n1. The van der Waals surface area contributed by atoms with Crippen LogP contribution in [0.1, 0.15) is 6.42 Å². The maximum absolute atomic E-state index is 11.8. The van der Waals surface area contributed by atoms with Crippen molar-refractivity contribution in [2.45, 2.75) is 6.42 Å². The second kappa shape index (κ2) is 5.83. The second-order valence-corrected chi connectivity index (χ2v) is 5.41. The number of carbonyl (C=O) groups excluding carboxylic acids is 1. The minimum absolute atomic E-state index is 0.00384. The van der Waals surface area contributed by atoms with Gasteiger partial charge in [0.25, 0.3) is 0 Å². The molecule has 0 aliphatic heterocycles. The van der Waals surface area contributed by atoms with E-state index < -0.39 is 16.2 Å². The number of hydrogen-bond acceptors (Lipinski definition) is 5. The molecular weight excluding hydrogens is 260 g/mol. The highest BCUT2D eigenvalue weighted by Crippen LogP contribution is 2.07. The Morgan fingerprint density at radius 1 is 1.61 bits per heavy atom. The standard InChI is InChI=1S/C9H16N4O4S/c1-12-6-4-8(10-12)11-18(15,16)13(2)7-5-9(14)17-3/h4,6H,5,7H2,1-3H3,(H,10,11). The van der Waals surface area contributed by atoms with Gasteiger partial charge in [0.05, 0.1) is 13.5 Å². The Balaban J connectivity index is 2.60. The first-order chi connectivity index (χ1) is 8.35. The third-order valence-electron chi connectivity index (χ3n) is 2.22. The van der Waals surface area contributed by atoms with E-state index in [-0.39, 0.29) is 18.8 Å². The van der Waals surface area contributed by atoms with Gasteiger partial charge in [-0.3, -0.25) is 14.2 Å². The normalized spacial score (nSPS) is 11.6. The number of hydrogen-bond donors (Lipinski definition) is 1. The van der Waals surface area contributed by atoms with Crippen molar-refractivity contribution < 1.29 is 17.9 Å². The molecule has 1 aromatic rings. The Morgan fingerprint density at radius 3 is 2.78 bits per heavy atom. The third-order valence-corrected chi connectivity index (χ3v) is 3.69. The lowest BCUT2D eigenvalue weighted by molar-refractivity contribution is -0.140. The number of methoxy groups -OCH3 is 1. The van der Waals surface area contributed by atoms with Crippen LogP contribution in [0.25, 0.3) is 0 Å². The van der Waals surface area contributed by atoms with Gasteiger partial charge in [0.1, 0.15) is 0 Å². The molecule has 1 aromatic heterocycles. The van der Waals surface area contributed by atoms with Gasteiger partial charge in [-0.2, -0.15) is 17.8 Å². The predicted molar refractivity (Wildman–Crippen MR) is 65.0 cm³/mol. The number of ether oxygens (including phenoxy) is 1.